The summed E-state index contributed by atoms with van der Waals surface area (Å²) in [5, 5.41) is 3.03. The molecule has 0 spiro atoms. The van der Waals surface area contributed by atoms with Gasteiger partial charge in [0.1, 0.15) is 0 Å². The summed E-state index contributed by atoms with van der Waals surface area (Å²) in [4.78, 5) is 11.8. The fraction of sp³-hybridized carbons (Fsp3) is 0.923. The van der Waals surface area contributed by atoms with E-state index in [2.05, 4.69) is 33.0 Å². The third-order valence-corrected chi connectivity index (χ3v) is 3.21. The molecule has 0 aliphatic heterocycles. The average Bonchev–Trinajstić information content (AvgIpc) is 2.22. The standard InChI is InChI=1S/C13H28N2O/c1-10(2)11(3)12(16)15-9-13(4,5)7-6-8-14/h10-11H,6-9,14H2,1-5H3,(H,15,16). The van der Waals surface area contributed by atoms with Crippen molar-refractivity contribution >= 4 is 5.91 Å². The van der Waals surface area contributed by atoms with Gasteiger partial charge in [0, 0.05) is 12.5 Å². The predicted octanol–water partition coefficient (Wildman–Crippen LogP) is 2.16. The van der Waals surface area contributed by atoms with Crippen LogP contribution >= 0.6 is 0 Å². The van der Waals surface area contributed by atoms with Crippen LogP contribution in [0.5, 0.6) is 0 Å². The topological polar surface area (TPSA) is 55.1 Å². The second-order valence-corrected chi connectivity index (χ2v) is 5.81. The van der Waals surface area contributed by atoms with Crippen LogP contribution in [0.2, 0.25) is 0 Å². The molecule has 0 aliphatic rings. The van der Waals surface area contributed by atoms with Crippen molar-refractivity contribution in [2.75, 3.05) is 13.1 Å². The van der Waals surface area contributed by atoms with E-state index in [1.807, 2.05) is 6.92 Å². The number of nitrogens with two attached hydrogens (primary N) is 1. The van der Waals surface area contributed by atoms with Crippen LogP contribution in [0, 0.1) is 17.3 Å². The molecule has 3 heteroatoms. The van der Waals surface area contributed by atoms with Crippen LogP contribution in [-0.2, 0) is 4.79 Å². The maximum atomic E-state index is 11.8. The van der Waals surface area contributed by atoms with Gasteiger partial charge in [-0.2, -0.15) is 0 Å². The molecule has 3 N–H and O–H groups in total. The van der Waals surface area contributed by atoms with Crippen molar-refractivity contribution in [2.45, 2.75) is 47.5 Å². The molecule has 1 atom stereocenters. The van der Waals surface area contributed by atoms with Gasteiger partial charge >= 0.3 is 0 Å². The van der Waals surface area contributed by atoms with Gasteiger partial charge in [0.2, 0.25) is 5.91 Å². The SMILES string of the molecule is CC(C)C(C)C(=O)NCC(C)(C)CCCN. The first-order valence-corrected chi connectivity index (χ1v) is 6.28. The molecule has 0 aromatic heterocycles. The van der Waals surface area contributed by atoms with Crippen molar-refractivity contribution in [1.82, 2.24) is 5.32 Å². The number of nitrogens with one attached hydrogen (secondary N) is 1. The lowest BCUT2D eigenvalue weighted by Crippen LogP contribution is -2.38. The van der Waals surface area contributed by atoms with Crippen molar-refractivity contribution in [3.63, 3.8) is 0 Å². The first-order valence-electron chi connectivity index (χ1n) is 6.28. The van der Waals surface area contributed by atoms with E-state index in [1.54, 1.807) is 0 Å². The number of amides is 1. The van der Waals surface area contributed by atoms with E-state index in [-0.39, 0.29) is 17.2 Å². The van der Waals surface area contributed by atoms with E-state index in [0.29, 0.717) is 5.92 Å². The smallest absolute Gasteiger partial charge is 0.223 e. The number of carbonyl (C=O) groups excluding carboxylic acids is 1. The molecule has 0 aromatic rings. The zero-order valence-electron chi connectivity index (χ0n) is 11.5. The van der Waals surface area contributed by atoms with Gasteiger partial charge in [0.25, 0.3) is 0 Å². The predicted molar refractivity (Wildman–Crippen MR) is 69.1 cm³/mol. The normalized spacial score (nSPS) is 13.9. The Kier molecular flexibility index (Phi) is 6.65. The first-order chi connectivity index (χ1) is 7.30. The van der Waals surface area contributed by atoms with E-state index in [1.165, 1.54) is 0 Å². The van der Waals surface area contributed by atoms with Gasteiger partial charge < -0.3 is 11.1 Å². The summed E-state index contributed by atoms with van der Waals surface area (Å²) in [5.74, 6) is 0.647. The largest absolute Gasteiger partial charge is 0.355 e. The first kappa shape index (κ1) is 15.4. The summed E-state index contributed by atoms with van der Waals surface area (Å²) in [6.45, 7) is 11.9. The Morgan fingerprint density at radius 2 is 1.88 bits per heavy atom. The summed E-state index contributed by atoms with van der Waals surface area (Å²) in [7, 11) is 0. The molecule has 0 heterocycles. The third kappa shape index (κ3) is 6.11. The summed E-state index contributed by atoms with van der Waals surface area (Å²) in [6.07, 6.45) is 2.07. The molecule has 1 amide bonds. The van der Waals surface area contributed by atoms with E-state index < -0.39 is 0 Å². The maximum Gasteiger partial charge on any atom is 0.223 e. The summed E-state index contributed by atoms with van der Waals surface area (Å²) in [5.41, 5.74) is 5.64. The quantitative estimate of drug-likeness (QED) is 0.701. The zero-order chi connectivity index (χ0) is 12.8. The van der Waals surface area contributed by atoms with Gasteiger partial charge in [-0.3, -0.25) is 4.79 Å². The minimum Gasteiger partial charge on any atom is -0.355 e. The number of hydrogen-bond acceptors (Lipinski definition) is 2. The van der Waals surface area contributed by atoms with Crippen LogP contribution in [-0.4, -0.2) is 19.0 Å². The number of carbonyl (C=O) groups is 1. The van der Waals surface area contributed by atoms with Crippen LogP contribution < -0.4 is 11.1 Å². The van der Waals surface area contributed by atoms with Crippen molar-refractivity contribution in [3.05, 3.63) is 0 Å². The van der Waals surface area contributed by atoms with Crippen LogP contribution in [0.3, 0.4) is 0 Å². The Labute approximate surface area is 100 Å². The number of hydrogen-bond donors (Lipinski definition) is 2. The lowest BCUT2D eigenvalue weighted by atomic mass is 9.87. The van der Waals surface area contributed by atoms with Gasteiger partial charge in [-0.25, -0.2) is 0 Å². The van der Waals surface area contributed by atoms with Gasteiger partial charge in [0.15, 0.2) is 0 Å². The molecule has 0 aromatic carbocycles. The zero-order valence-corrected chi connectivity index (χ0v) is 11.5. The lowest BCUT2D eigenvalue weighted by molar-refractivity contribution is -0.126. The maximum absolute atomic E-state index is 11.8. The Morgan fingerprint density at radius 3 is 2.31 bits per heavy atom. The minimum absolute atomic E-state index is 0.0882. The molecule has 0 rings (SSSR count). The van der Waals surface area contributed by atoms with Gasteiger partial charge in [0.05, 0.1) is 0 Å². The highest BCUT2D eigenvalue weighted by Gasteiger charge is 2.21. The van der Waals surface area contributed by atoms with E-state index >= 15 is 0 Å². The van der Waals surface area contributed by atoms with E-state index in [0.717, 1.165) is 25.9 Å². The Bertz CT molecular complexity index is 212. The van der Waals surface area contributed by atoms with Crippen molar-refractivity contribution in [1.29, 1.82) is 0 Å². The molecule has 1 unspecified atom stereocenters. The van der Waals surface area contributed by atoms with Crippen molar-refractivity contribution in [3.8, 4) is 0 Å². The fourth-order valence-electron chi connectivity index (χ4n) is 1.46. The molecule has 0 aliphatic carbocycles. The molecule has 0 saturated heterocycles. The highest BCUT2D eigenvalue weighted by molar-refractivity contribution is 5.78. The Hall–Kier alpha value is -0.570. The van der Waals surface area contributed by atoms with Gasteiger partial charge in [-0.1, -0.05) is 34.6 Å². The highest BCUT2D eigenvalue weighted by Crippen LogP contribution is 2.21. The summed E-state index contributed by atoms with van der Waals surface area (Å²) in [6, 6.07) is 0. The van der Waals surface area contributed by atoms with Crippen LogP contribution in [0.4, 0.5) is 0 Å². The van der Waals surface area contributed by atoms with Crippen LogP contribution in [0.15, 0.2) is 0 Å². The Morgan fingerprint density at radius 1 is 1.31 bits per heavy atom. The second kappa shape index (κ2) is 6.89. The molecule has 0 saturated carbocycles. The minimum atomic E-state index is 0.0882. The highest BCUT2D eigenvalue weighted by atomic mass is 16.1. The summed E-state index contributed by atoms with van der Waals surface area (Å²) >= 11 is 0. The van der Waals surface area contributed by atoms with Crippen molar-refractivity contribution < 1.29 is 4.79 Å². The summed E-state index contributed by atoms with van der Waals surface area (Å²) < 4.78 is 0. The molecule has 0 radical (unpaired) electrons. The average molecular weight is 228 g/mol. The molecule has 0 fully saturated rings. The molecule has 0 bridgehead atoms. The second-order valence-electron chi connectivity index (χ2n) is 5.81. The molecule has 96 valence electrons. The van der Waals surface area contributed by atoms with Gasteiger partial charge in [-0.15, -0.1) is 0 Å². The molecular formula is C13H28N2O. The van der Waals surface area contributed by atoms with Crippen molar-refractivity contribution in [2.24, 2.45) is 23.0 Å². The molecule has 16 heavy (non-hydrogen) atoms. The third-order valence-electron chi connectivity index (χ3n) is 3.21. The fourth-order valence-corrected chi connectivity index (χ4v) is 1.46. The Balaban J connectivity index is 3.99. The monoisotopic (exact) mass is 228 g/mol. The van der Waals surface area contributed by atoms with E-state index in [4.69, 9.17) is 5.73 Å². The van der Waals surface area contributed by atoms with Crippen LogP contribution in [0.25, 0.3) is 0 Å². The van der Waals surface area contributed by atoms with Gasteiger partial charge in [-0.05, 0) is 30.7 Å². The molecular weight excluding hydrogens is 200 g/mol. The molecule has 3 nitrogen and oxygen atoms in total. The van der Waals surface area contributed by atoms with E-state index in [9.17, 15) is 4.79 Å². The van der Waals surface area contributed by atoms with Crippen LogP contribution in [0.1, 0.15) is 47.5 Å². The number of rotatable bonds is 7. The lowest BCUT2D eigenvalue weighted by Gasteiger charge is -2.26.